The first kappa shape index (κ1) is 21.3. The van der Waals surface area contributed by atoms with Crippen molar-refractivity contribution < 1.29 is 17.6 Å². The highest BCUT2D eigenvalue weighted by molar-refractivity contribution is 7.91. The molecule has 0 spiro atoms. The minimum Gasteiger partial charge on any atom is -0.337 e. The second-order valence-electron chi connectivity index (χ2n) is 7.30. The zero-order valence-electron chi connectivity index (χ0n) is 16.6. The number of nitrogens with zero attached hydrogens (tertiary/aromatic N) is 3. The molecule has 1 fully saturated rings. The predicted octanol–water partition coefficient (Wildman–Crippen LogP) is 2.19. The molecule has 1 aromatic heterocycles. The van der Waals surface area contributed by atoms with Crippen LogP contribution in [0.15, 0.2) is 35.2 Å². The average Bonchev–Trinajstić information content (AvgIpc) is 3.02. The zero-order valence-corrected chi connectivity index (χ0v) is 17.4. The maximum absolute atomic E-state index is 13.0. The van der Waals surface area contributed by atoms with Crippen molar-refractivity contribution in [2.45, 2.75) is 30.7 Å². The zero-order chi connectivity index (χ0) is 21.0. The summed E-state index contributed by atoms with van der Waals surface area (Å²) < 4.78 is 39.3. The van der Waals surface area contributed by atoms with Crippen LogP contribution in [-0.2, 0) is 9.84 Å². The second kappa shape index (κ2) is 8.91. The van der Waals surface area contributed by atoms with Crippen LogP contribution in [0.4, 0.5) is 15.0 Å². The molecule has 29 heavy (non-hydrogen) atoms. The van der Waals surface area contributed by atoms with Crippen molar-refractivity contribution in [2.75, 3.05) is 37.8 Å². The molecule has 1 saturated heterocycles. The fraction of sp³-hybridized carbons (Fsp3) is 0.474. The number of aryl methyl sites for hydroxylation is 1. The first-order chi connectivity index (χ1) is 13.7. The van der Waals surface area contributed by atoms with E-state index in [0.29, 0.717) is 5.82 Å². The minimum absolute atomic E-state index is 0.0251. The molecule has 0 bridgehead atoms. The van der Waals surface area contributed by atoms with Crippen LogP contribution in [0.3, 0.4) is 0 Å². The Hall–Kier alpha value is -2.46. The Morgan fingerprint density at radius 3 is 2.55 bits per heavy atom. The maximum Gasteiger partial charge on any atom is 0.320 e. The van der Waals surface area contributed by atoms with Crippen molar-refractivity contribution >= 4 is 21.7 Å². The van der Waals surface area contributed by atoms with E-state index in [1.54, 1.807) is 6.07 Å². The highest BCUT2D eigenvalue weighted by Gasteiger charge is 2.22. The number of urea groups is 1. The van der Waals surface area contributed by atoms with Gasteiger partial charge in [0.2, 0.25) is 0 Å². The molecule has 3 rings (SSSR count). The number of piperidine rings is 1. The van der Waals surface area contributed by atoms with Crippen LogP contribution in [0.1, 0.15) is 24.6 Å². The van der Waals surface area contributed by atoms with E-state index in [2.05, 4.69) is 27.7 Å². The number of aromatic nitrogens is 2. The van der Waals surface area contributed by atoms with Crippen LogP contribution >= 0.6 is 0 Å². The molecule has 0 atom stereocenters. The van der Waals surface area contributed by atoms with Crippen molar-refractivity contribution in [2.24, 2.45) is 0 Å². The van der Waals surface area contributed by atoms with Gasteiger partial charge in [-0.15, -0.1) is 0 Å². The van der Waals surface area contributed by atoms with Crippen LogP contribution in [0.2, 0.25) is 0 Å². The van der Waals surface area contributed by atoms with Crippen LogP contribution in [0.5, 0.6) is 0 Å². The number of hydrogen-bond donors (Lipinski definition) is 2. The Morgan fingerprint density at radius 2 is 1.90 bits per heavy atom. The molecule has 0 aliphatic carbocycles. The molecule has 2 amide bonds. The second-order valence-corrected chi connectivity index (χ2v) is 9.41. The lowest BCUT2D eigenvalue weighted by Gasteiger charge is -2.30. The topological polar surface area (TPSA) is 96.3 Å². The molecule has 1 aromatic carbocycles. The van der Waals surface area contributed by atoms with Gasteiger partial charge >= 0.3 is 6.03 Å². The third kappa shape index (κ3) is 5.54. The number of nitrogens with one attached hydrogen (secondary N) is 2. The standard InChI is InChI=1S/C19H26FN5O3S/c1-14-13-18(25(23-14)16-7-10-24(2)11-8-16)22-19(26)21-9-12-29(27,28)17-5-3-15(20)4-6-17/h3-6,13,16H,7-12H2,1-2H3,(H2,21,22,26). The number of amides is 2. The molecule has 2 N–H and O–H groups in total. The van der Waals surface area contributed by atoms with E-state index in [-0.39, 0.29) is 23.2 Å². The molecule has 0 unspecified atom stereocenters. The summed E-state index contributed by atoms with van der Waals surface area (Å²) >= 11 is 0. The van der Waals surface area contributed by atoms with Crippen LogP contribution in [0, 0.1) is 12.7 Å². The molecular formula is C19H26FN5O3S. The van der Waals surface area contributed by atoms with E-state index in [1.165, 1.54) is 12.1 Å². The third-order valence-corrected chi connectivity index (χ3v) is 6.69. The number of benzene rings is 1. The van der Waals surface area contributed by atoms with Gasteiger partial charge in [0.05, 0.1) is 22.4 Å². The molecule has 1 aliphatic rings. The van der Waals surface area contributed by atoms with Crippen molar-refractivity contribution in [3.8, 4) is 0 Å². The van der Waals surface area contributed by atoms with E-state index >= 15 is 0 Å². The first-order valence-electron chi connectivity index (χ1n) is 9.52. The van der Waals surface area contributed by atoms with Gasteiger partial charge in [0.1, 0.15) is 11.6 Å². The van der Waals surface area contributed by atoms with Gasteiger partial charge < -0.3 is 10.2 Å². The third-order valence-electron chi connectivity index (χ3n) is 4.96. The Labute approximate surface area is 170 Å². The first-order valence-corrected chi connectivity index (χ1v) is 11.2. The lowest BCUT2D eigenvalue weighted by molar-refractivity contribution is 0.213. The van der Waals surface area contributed by atoms with E-state index < -0.39 is 21.7 Å². The summed E-state index contributed by atoms with van der Waals surface area (Å²) in [6, 6.07) is 6.15. The van der Waals surface area contributed by atoms with Gasteiger partial charge in [0, 0.05) is 12.6 Å². The number of anilines is 1. The van der Waals surface area contributed by atoms with Crippen LogP contribution in [0.25, 0.3) is 0 Å². The lowest BCUT2D eigenvalue weighted by Crippen LogP contribution is -2.35. The molecule has 0 radical (unpaired) electrons. The number of carbonyl (C=O) groups excluding carboxylic acids is 1. The van der Waals surface area contributed by atoms with Crippen molar-refractivity contribution in [1.29, 1.82) is 0 Å². The average molecular weight is 424 g/mol. The summed E-state index contributed by atoms with van der Waals surface area (Å²) in [7, 11) is -1.52. The number of carbonyl (C=O) groups is 1. The Morgan fingerprint density at radius 1 is 1.24 bits per heavy atom. The number of rotatable bonds is 6. The normalized spacial score (nSPS) is 16.0. The summed E-state index contributed by atoms with van der Waals surface area (Å²) in [6.07, 6.45) is 1.90. The predicted molar refractivity (Wildman–Crippen MR) is 108 cm³/mol. The van der Waals surface area contributed by atoms with Gasteiger partial charge in [-0.1, -0.05) is 0 Å². The quantitative estimate of drug-likeness (QED) is 0.695. The fourth-order valence-electron chi connectivity index (χ4n) is 3.35. The highest BCUT2D eigenvalue weighted by atomic mass is 32.2. The van der Waals surface area contributed by atoms with Crippen LogP contribution in [-0.4, -0.2) is 61.6 Å². The largest absolute Gasteiger partial charge is 0.337 e. The van der Waals surface area contributed by atoms with Gasteiger partial charge in [-0.05, 0) is 64.2 Å². The van der Waals surface area contributed by atoms with Crippen molar-refractivity contribution in [1.82, 2.24) is 20.0 Å². The summed E-state index contributed by atoms with van der Waals surface area (Å²) in [5, 5.41) is 9.84. The van der Waals surface area contributed by atoms with Crippen molar-refractivity contribution in [3.63, 3.8) is 0 Å². The van der Waals surface area contributed by atoms with E-state index in [1.807, 2.05) is 11.6 Å². The maximum atomic E-state index is 13.0. The highest BCUT2D eigenvalue weighted by Crippen LogP contribution is 2.25. The monoisotopic (exact) mass is 423 g/mol. The summed E-state index contributed by atoms with van der Waals surface area (Å²) in [5.74, 6) is -0.187. The smallest absolute Gasteiger partial charge is 0.320 e. The number of likely N-dealkylation sites (tertiary alicyclic amines) is 1. The number of sulfone groups is 1. The Balaban J connectivity index is 1.55. The Kier molecular flexibility index (Phi) is 6.53. The van der Waals surface area contributed by atoms with E-state index in [0.717, 1.165) is 43.8 Å². The van der Waals surface area contributed by atoms with Gasteiger partial charge in [-0.2, -0.15) is 5.10 Å². The number of hydrogen-bond acceptors (Lipinski definition) is 5. The summed E-state index contributed by atoms with van der Waals surface area (Å²) in [5.41, 5.74) is 0.804. The molecule has 158 valence electrons. The SMILES string of the molecule is Cc1cc(NC(=O)NCCS(=O)(=O)c2ccc(F)cc2)n(C2CCN(C)CC2)n1. The van der Waals surface area contributed by atoms with Gasteiger partial charge in [-0.3, -0.25) is 5.32 Å². The molecule has 0 saturated carbocycles. The van der Waals surface area contributed by atoms with E-state index in [4.69, 9.17) is 0 Å². The molecule has 8 nitrogen and oxygen atoms in total. The lowest BCUT2D eigenvalue weighted by atomic mass is 10.1. The van der Waals surface area contributed by atoms with E-state index in [9.17, 15) is 17.6 Å². The minimum atomic E-state index is -3.60. The Bertz CT molecular complexity index is 951. The molecule has 2 heterocycles. The van der Waals surface area contributed by atoms with Crippen molar-refractivity contribution in [3.05, 3.63) is 41.8 Å². The summed E-state index contributed by atoms with van der Waals surface area (Å²) in [6.45, 7) is 3.74. The summed E-state index contributed by atoms with van der Waals surface area (Å²) in [4.78, 5) is 14.5. The van der Waals surface area contributed by atoms with Gasteiger partial charge in [0.15, 0.2) is 9.84 Å². The fourth-order valence-corrected chi connectivity index (χ4v) is 4.50. The van der Waals surface area contributed by atoms with Gasteiger partial charge in [-0.25, -0.2) is 22.3 Å². The molecule has 10 heteroatoms. The van der Waals surface area contributed by atoms with Crippen LogP contribution < -0.4 is 10.6 Å². The molecular weight excluding hydrogens is 397 g/mol. The molecule has 2 aromatic rings. The van der Waals surface area contributed by atoms with Gasteiger partial charge in [0.25, 0.3) is 0 Å². The molecule has 1 aliphatic heterocycles. The number of halogens is 1.